The third-order valence-corrected chi connectivity index (χ3v) is 2.92. The highest BCUT2D eigenvalue weighted by Crippen LogP contribution is 2.12. The van der Waals surface area contributed by atoms with Crippen LogP contribution in [0.2, 0.25) is 0 Å². The molecule has 0 bridgehead atoms. The van der Waals surface area contributed by atoms with Crippen molar-refractivity contribution in [2.45, 2.75) is 20.4 Å². The molecule has 1 rings (SSSR count). The van der Waals surface area contributed by atoms with E-state index in [0.29, 0.717) is 0 Å². The molecule has 0 spiro atoms. The molecular formula is C10H18N2S. The topological polar surface area (TPSA) is 24.1 Å². The van der Waals surface area contributed by atoms with Crippen LogP contribution in [0.25, 0.3) is 0 Å². The van der Waals surface area contributed by atoms with Crippen LogP contribution in [0.3, 0.4) is 0 Å². The maximum absolute atomic E-state index is 3.41. The SMILES string of the molecule is CCNCCNCc1cscc1C. The number of hydrogen-bond donors (Lipinski definition) is 2. The first-order valence-corrected chi connectivity index (χ1v) is 5.72. The first-order chi connectivity index (χ1) is 6.34. The highest BCUT2D eigenvalue weighted by molar-refractivity contribution is 7.08. The van der Waals surface area contributed by atoms with E-state index in [0.717, 1.165) is 26.2 Å². The Hall–Kier alpha value is -0.380. The Balaban J connectivity index is 2.10. The summed E-state index contributed by atoms with van der Waals surface area (Å²) in [6, 6.07) is 0. The van der Waals surface area contributed by atoms with Crippen LogP contribution < -0.4 is 10.6 Å². The molecule has 0 amide bonds. The second kappa shape index (κ2) is 6.13. The van der Waals surface area contributed by atoms with Gasteiger partial charge in [0.2, 0.25) is 0 Å². The van der Waals surface area contributed by atoms with E-state index in [-0.39, 0.29) is 0 Å². The summed E-state index contributed by atoms with van der Waals surface area (Å²) in [5, 5.41) is 11.1. The standard InChI is InChI=1S/C10H18N2S/c1-3-11-4-5-12-6-10-8-13-7-9(10)2/h7-8,11-12H,3-6H2,1-2H3. The van der Waals surface area contributed by atoms with Gasteiger partial charge in [0.25, 0.3) is 0 Å². The smallest absolute Gasteiger partial charge is 0.0216 e. The maximum atomic E-state index is 3.41. The molecule has 1 heterocycles. The Morgan fingerprint density at radius 1 is 1.23 bits per heavy atom. The zero-order chi connectivity index (χ0) is 9.52. The lowest BCUT2D eigenvalue weighted by molar-refractivity contribution is 0.624. The van der Waals surface area contributed by atoms with Gasteiger partial charge in [-0.2, -0.15) is 11.3 Å². The second-order valence-corrected chi connectivity index (χ2v) is 3.85. The molecule has 2 N–H and O–H groups in total. The third kappa shape index (κ3) is 3.89. The van der Waals surface area contributed by atoms with E-state index in [1.807, 2.05) is 0 Å². The molecule has 0 aromatic carbocycles. The van der Waals surface area contributed by atoms with Gasteiger partial charge in [0, 0.05) is 19.6 Å². The summed E-state index contributed by atoms with van der Waals surface area (Å²) in [4.78, 5) is 0. The van der Waals surface area contributed by atoms with Crippen molar-refractivity contribution >= 4 is 11.3 Å². The van der Waals surface area contributed by atoms with Crippen molar-refractivity contribution < 1.29 is 0 Å². The van der Waals surface area contributed by atoms with Crippen LogP contribution in [0, 0.1) is 6.92 Å². The molecular weight excluding hydrogens is 180 g/mol. The zero-order valence-electron chi connectivity index (χ0n) is 8.39. The predicted molar refractivity (Wildman–Crippen MR) is 59.3 cm³/mol. The molecule has 0 aliphatic rings. The van der Waals surface area contributed by atoms with Crippen LogP contribution in [0.1, 0.15) is 18.1 Å². The van der Waals surface area contributed by atoms with Crippen molar-refractivity contribution in [2.75, 3.05) is 19.6 Å². The Morgan fingerprint density at radius 3 is 2.62 bits per heavy atom. The minimum Gasteiger partial charge on any atom is -0.316 e. The number of rotatable bonds is 6. The molecule has 3 heteroatoms. The molecule has 0 atom stereocenters. The molecule has 2 nitrogen and oxygen atoms in total. The number of thiophene rings is 1. The Labute approximate surface area is 84.4 Å². The van der Waals surface area contributed by atoms with Crippen molar-refractivity contribution in [3.8, 4) is 0 Å². The van der Waals surface area contributed by atoms with Gasteiger partial charge in [-0.1, -0.05) is 6.92 Å². The molecule has 13 heavy (non-hydrogen) atoms. The maximum Gasteiger partial charge on any atom is 0.0216 e. The lowest BCUT2D eigenvalue weighted by atomic mass is 10.2. The van der Waals surface area contributed by atoms with E-state index in [1.54, 1.807) is 11.3 Å². The van der Waals surface area contributed by atoms with Crippen LogP contribution in [0.15, 0.2) is 10.8 Å². The lowest BCUT2D eigenvalue weighted by Crippen LogP contribution is -2.26. The van der Waals surface area contributed by atoms with Gasteiger partial charge < -0.3 is 10.6 Å². The minimum atomic E-state index is 1.00. The van der Waals surface area contributed by atoms with Gasteiger partial charge in [0.05, 0.1) is 0 Å². The van der Waals surface area contributed by atoms with Gasteiger partial charge >= 0.3 is 0 Å². The minimum absolute atomic E-state index is 1.00. The fraction of sp³-hybridized carbons (Fsp3) is 0.600. The van der Waals surface area contributed by atoms with Crippen LogP contribution in [0.4, 0.5) is 0 Å². The van der Waals surface area contributed by atoms with E-state index in [2.05, 4.69) is 35.2 Å². The van der Waals surface area contributed by atoms with Gasteiger partial charge in [0.1, 0.15) is 0 Å². The summed E-state index contributed by atoms with van der Waals surface area (Å²) < 4.78 is 0. The molecule has 0 saturated carbocycles. The highest BCUT2D eigenvalue weighted by atomic mass is 32.1. The van der Waals surface area contributed by atoms with Gasteiger partial charge in [-0.25, -0.2) is 0 Å². The van der Waals surface area contributed by atoms with Crippen LogP contribution in [-0.2, 0) is 6.54 Å². The molecule has 1 aromatic heterocycles. The fourth-order valence-corrected chi connectivity index (χ4v) is 2.00. The molecule has 1 aromatic rings. The predicted octanol–water partition coefficient (Wildman–Crippen LogP) is 1.76. The monoisotopic (exact) mass is 198 g/mol. The summed E-state index contributed by atoms with van der Waals surface area (Å²) >= 11 is 1.78. The second-order valence-electron chi connectivity index (χ2n) is 3.11. The van der Waals surface area contributed by atoms with Crippen LogP contribution >= 0.6 is 11.3 Å². The average molecular weight is 198 g/mol. The van der Waals surface area contributed by atoms with Crippen molar-refractivity contribution in [3.05, 3.63) is 21.9 Å². The molecule has 74 valence electrons. The van der Waals surface area contributed by atoms with Crippen molar-refractivity contribution in [3.63, 3.8) is 0 Å². The first kappa shape index (κ1) is 10.7. The third-order valence-electron chi connectivity index (χ3n) is 2.01. The van der Waals surface area contributed by atoms with Gasteiger partial charge in [0.15, 0.2) is 0 Å². The summed E-state index contributed by atoms with van der Waals surface area (Å²) in [5.74, 6) is 0. The lowest BCUT2D eigenvalue weighted by Gasteiger charge is -2.04. The molecule has 0 aliphatic carbocycles. The Morgan fingerprint density at radius 2 is 2.00 bits per heavy atom. The van der Waals surface area contributed by atoms with E-state index in [9.17, 15) is 0 Å². The van der Waals surface area contributed by atoms with Crippen molar-refractivity contribution in [2.24, 2.45) is 0 Å². The average Bonchev–Trinajstić information content (AvgIpc) is 2.52. The number of likely N-dealkylation sites (N-methyl/N-ethyl adjacent to an activating group) is 1. The van der Waals surface area contributed by atoms with E-state index in [1.165, 1.54) is 11.1 Å². The molecule has 0 unspecified atom stereocenters. The van der Waals surface area contributed by atoms with Crippen LogP contribution in [0.5, 0.6) is 0 Å². The molecule has 0 saturated heterocycles. The van der Waals surface area contributed by atoms with Gasteiger partial charge in [-0.3, -0.25) is 0 Å². The summed E-state index contributed by atoms with van der Waals surface area (Å²) in [6.45, 7) is 8.45. The fourth-order valence-electron chi connectivity index (χ4n) is 1.14. The molecule has 0 fully saturated rings. The first-order valence-electron chi connectivity index (χ1n) is 4.77. The summed E-state index contributed by atoms with van der Waals surface area (Å²) in [7, 11) is 0. The largest absolute Gasteiger partial charge is 0.316 e. The number of hydrogen-bond acceptors (Lipinski definition) is 3. The zero-order valence-corrected chi connectivity index (χ0v) is 9.21. The normalized spacial score (nSPS) is 10.6. The van der Waals surface area contributed by atoms with Gasteiger partial charge in [-0.05, 0) is 35.4 Å². The number of aryl methyl sites for hydroxylation is 1. The van der Waals surface area contributed by atoms with Crippen molar-refractivity contribution in [1.82, 2.24) is 10.6 Å². The quantitative estimate of drug-likeness (QED) is 0.681. The molecule has 0 radical (unpaired) electrons. The van der Waals surface area contributed by atoms with Crippen molar-refractivity contribution in [1.29, 1.82) is 0 Å². The number of nitrogens with one attached hydrogen (secondary N) is 2. The van der Waals surface area contributed by atoms with Gasteiger partial charge in [-0.15, -0.1) is 0 Å². The molecule has 0 aliphatic heterocycles. The summed E-state index contributed by atoms with van der Waals surface area (Å²) in [6.07, 6.45) is 0. The summed E-state index contributed by atoms with van der Waals surface area (Å²) in [5.41, 5.74) is 2.84. The Kier molecular flexibility index (Phi) is 5.05. The Bertz CT molecular complexity index is 233. The van der Waals surface area contributed by atoms with E-state index in [4.69, 9.17) is 0 Å². The highest BCUT2D eigenvalue weighted by Gasteiger charge is 1.96. The van der Waals surface area contributed by atoms with E-state index < -0.39 is 0 Å². The van der Waals surface area contributed by atoms with E-state index >= 15 is 0 Å². The van der Waals surface area contributed by atoms with Crippen LogP contribution in [-0.4, -0.2) is 19.6 Å².